The van der Waals surface area contributed by atoms with E-state index in [1.165, 1.54) is 22.4 Å². The van der Waals surface area contributed by atoms with Crippen molar-refractivity contribution < 1.29 is 4.79 Å². The molecular formula is C15H13BrN2OS2. The topological polar surface area (TPSA) is 34.4 Å². The summed E-state index contributed by atoms with van der Waals surface area (Å²) in [5.74, 6) is -0.189. The van der Waals surface area contributed by atoms with Gasteiger partial charge in [0.15, 0.2) is 4.80 Å². The van der Waals surface area contributed by atoms with Crippen LogP contribution >= 0.6 is 38.6 Å². The highest BCUT2D eigenvalue weighted by Crippen LogP contribution is 2.23. The number of thiazole rings is 1. The molecule has 2 aromatic heterocycles. The molecular weight excluding hydrogens is 368 g/mol. The molecule has 0 spiro atoms. The minimum atomic E-state index is -0.189. The largest absolute Gasteiger partial charge is 0.319 e. The van der Waals surface area contributed by atoms with Crippen LogP contribution in [0.1, 0.15) is 22.2 Å². The summed E-state index contributed by atoms with van der Waals surface area (Å²) in [5.41, 5.74) is 2.45. The van der Waals surface area contributed by atoms with Crippen LogP contribution in [0.5, 0.6) is 0 Å². The van der Waals surface area contributed by atoms with Gasteiger partial charge in [0.25, 0.3) is 5.91 Å². The van der Waals surface area contributed by atoms with Crippen LogP contribution < -0.4 is 4.80 Å². The quantitative estimate of drug-likeness (QED) is 0.649. The van der Waals surface area contributed by atoms with Crippen LogP contribution in [-0.4, -0.2) is 10.5 Å². The number of amides is 1. The lowest BCUT2D eigenvalue weighted by Crippen LogP contribution is -2.13. The number of hydrogen-bond acceptors (Lipinski definition) is 3. The number of halogens is 1. The van der Waals surface area contributed by atoms with Gasteiger partial charge in [-0.15, -0.1) is 11.3 Å². The molecule has 0 saturated carbocycles. The van der Waals surface area contributed by atoms with Crippen LogP contribution in [0.3, 0.4) is 0 Å². The summed E-state index contributed by atoms with van der Waals surface area (Å²) >= 11 is 6.33. The summed E-state index contributed by atoms with van der Waals surface area (Å²) in [7, 11) is 1.97. The van der Waals surface area contributed by atoms with E-state index in [-0.39, 0.29) is 5.91 Å². The first-order valence-corrected chi connectivity index (χ1v) is 8.94. The van der Waals surface area contributed by atoms with Gasteiger partial charge in [-0.25, -0.2) is 0 Å². The third kappa shape index (κ3) is 2.75. The van der Waals surface area contributed by atoms with Crippen molar-refractivity contribution >= 4 is 54.7 Å². The zero-order chi connectivity index (χ0) is 15.0. The molecule has 0 radical (unpaired) electrons. The Morgan fingerprint density at radius 2 is 2.10 bits per heavy atom. The first-order valence-electron chi connectivity index (χ1n) is 6.52. The summed E-state index contributed by atoms with van der Waals surface area (Å²) in [4.78, 5) is 17.9. The third-order valence-electron chi connectivity index (χ3n) is 3.27. The molecule has 0 saturated heterocycles. The predicted octanol–water partition coefficient (Wildman–Crippen LogP) is 4.37. The van der Waals surface area contributed by atoms with Gasteiger partial charge < -0.3 is 4.57 Å². The maximum absolute atomic E-state index is 12.2. The van der Waals surface area contributed by atoms with E-state index in [0.717, 1.165) is 19.7 Å². The molecule has 3 nitrogen and oxygen atoms in total. The number of thiophene rings is 1. The first kappa shape index (κ1) is 14.7. The number of aryl methyl sites for hydroxylation is 2. The van der Waals surface area contributed by atoms with Crippen LogP contribution in [-0.2, 0) is 13.5 Å². The average molecular weight is 381 g/mol. The Morgan fingerprint density at radius 1 is 1.29 bits per heavy atom. The Hall–Kier alpha value is -1.24. The second kappa shape index (κ2) is 5.87. The zero-order valence-corrected chi connectivity index (χ0v) is 14.8. The predicted molar refractivity (Wildman–Crippen MR) is 92.1 cm³/mol. The minimum Gasteiger partial charge on any atom is -0.319 e. The number of hydrogen-bond donors (Lipinski definition) is 0. The molecule has 108 valence electrons. The monoisotopic (exact) mass is 380 g/mol. The highest BCUT2D eigenvalue weighted by Gasteiger charge is 2.10. The Bertz CT molecular complexity index is 889. The van der Waals surface area contributed by atoms with E-state index >= 15 is 0 Å². The minimum absolute atomic E-state index is 0.189. The van der Waals surface area contributed by atoms with Crippen molar-refractivity contribution in [2.45, 2.75) is 13.3 Å². The lowest BCUT2D eigenvalue weighted by molar-refractivity contribution is 0.100. The third-order valence-corrected chi connectivity index (χ3v) is 5.98. The fraction of sp³-hybridized carbons (Fsp3) is 0.200. The molecule has 1 amide bonds. The number of nitrogens with zero attached hydrogens (tertiary/aromatic N) is 2. The van der Waals surface area contributed by atoms with Crippen LogP contribution in [0.2, 0.25) is 0 Å². The zero-order valence-electron chi connectivity index (χ0n) is 11.6. The lowest BCUT2D eigenvalue weighted by Gasteiger charge is -2.01. The molecule has 6 heteroatoms. The van der Waals surface area contributed by atoms with Gasteiger partial charge in [0.2, 0.25) is 0 Å². The van der Waals surface area contributed by atoms with E-state index in [4.69, 9.17) is 0 Å². The van der Waals surface area contributed by atoms with Crippen molar-refractivity contribution in [2.75, 3.05) is 0 Å². The molecule has 21 heavy (non-hydrogen) atoms. The van der Waals surface area contributed by atoms with E-state index < -0.39 is 0 Å². The first-order chi connectivity index (χ1) is 10.1. The molecule has 0 atom stereocenters. The van der Waals surface area contributed by atoms with Crippen LogP contribution in [0.25, 0.3) is 10.2 Å². The van der Waals surface area contributed by atoms with Crippen LogP contribution in [0.15, 0.2) is 39.1 Å². The van der Waals surface area contributed by atoms with E-state index in [1.807, 2.05) is 17.7 Å². The van der Waals surface area contributed by atoms with Gasteiger partial charge in [0, 0.05) is 7.05 Å². The summed E-state index contributed by atoms with van der Waals surface area (Å²) in [6.07, 6.45) is 0.965. The smallest absolute Gasteiger partial charge is 0.289 e. The molecule has 1 aromatic carbocycles. The number of carbonyl (C=O) groups excluding carboxylic acids is 1. The van der Waals surface area contributed by atoms with Crippen molar-refractivity contribution in [2.24, 2.45) is 12.0 Å². The molecule has 3 rings (SSSR count). The van der Waals surface area contributed by atoms with Gasteiger partial charge in [0.1, 0.15) is 0 Å². The molecule has 0 fully saturated rings. The number of aromatic nitrogens is 1. The second-order valence-electron chi connectivity index (χ2n) is 4.58. The average Bonchev–Trinajstić information content (AvgIpc) is 3.04. The Morgan fingerprint density at radius 3 is 2.76 bits per heavy atom. The van der Waals surface area contributed by atoms with Crippen molar-refractivity contribution in [1.82, 2.24) is 4.57 Å². The normalized spacial score (nSPS) is 12.2. The van der Waals surface area contributed by atoms with Crippen LogP contribution in [0, 0.1) is 0 Å². The van der Waals surface area contributed by atoms with Gasteiger partial charge in [-0.05, 0) is 46.1 Å². The maximum atomic E-state index is 12.2. The van der Waals surface area contributed by atoms with Gasteiger partial charge in [0.05, 0.1) is 18.9 Å². The molecule has 0 aliphatic heterocycles. The highest BCUT2D eigenvalue weighted by molar-refractivity contribution is 9.11. The van der Waals surface area contributed by atoms with Gasteiger partial charge in [-0.1, -0.05) is 30.4 Å². The fourth-order valence-corrected chi connectivity index (χ4v) is 4.58. The standard InChI is InChI=1S/C15H13BrN2OS2/c1-3-9-5-4-6-10-13(9)18(2)15(21-10)17-14(19)11-7-8-12(16)20-11/h4-8H,3H2,1-2H3. The fourth-order valence-electron chi connectivity index (χ4n) is 2.25. The number of fused-ring (bicyclic) bond motifs is 1. The van der Waals surface area contributed by atoms with E-state index in [1.54, 1.807) is 17.4 Å². The number of para-hydroxylation sites is 1. The number of rotatable bonds is 2. The highest BCUT2D eigenvalue weighted by atomic mass is 79.9. The SMILES string of the molecule is CCc1cccc2sc(=NC(=O)c3ccc(Br)s3)n(C)c12. The number of benzene rings is 1. The lowest BCUT2D eigenvalue weighted by atomic mass is 10.1. The molecule has 0 N–H and O–H groups in total. The molecule has 0 aliphatic carbocycles. The van der Waals surface area contributed by atoms with Gasteiger partial charge in [-0.3, -0.25) is 4.79 Å². The maximum Gasteiger partial charge on any atom is 0.289 e. The Kier molecular flexibility index (Phi) is 4.10. The van der Waals surface area contributed by atoms with E-state index in [9.17, 15) is 4.79 Å². The van der Waals surface area contributed by atoms with Crippen LogP contribution in [0.4, 0.5) is 0 Å². The summed E-state index contributed by atoms with van der Waals surface area (Å²) in [5, 5.41) is 0. The van der Waals surface area contributed by atoms with E-state index in [2.05, 4.69) is 46.0 Å². The van der Waals surface area contributed by atoms with E-state index in [0.29, 0.717) is 4.88 Å². The van der Waals surface area contributed by atoms with Gasteiger partial charge >= 0.3 is 0 Å². The summed E-state index contributed by atoms with van der Waals surface area (Å²) < 4.78 is 4.12. The molecule has 2 heterocycles. The molecule has 3 aromatic rings. The van der Waals surface area contributed by atoms with Crippen molar-refractivity contribution in [3.63, 3.8) is 0 Å². The Balaban J connectivity index is 2.14. The molecule has 0 bridgehead atoms. The van der Waals surface area contributed by atoms with Crippen molar-refractivity contribution in [3.8, 4) is 0 Å². The number of carbonyl (C=O) groups is 1. The van der Waals surface area contributed by atoms with Gasteiger partial charge in [-0.2, -0.15) is 4.99 Å². The molecule has 0 aliphatic rings. The summed E-state index contributed by atoms with van der Waals surface area (Å²) in [6, 6.07) is 9.92. The van der Waals surface area contributed by atoms with Crippen molar-refractivity contribution in [1.29, 1.82) is 0 Å². The summed E-state index contributed by atoms with van der Waals surface area (Å²) in [6.45, 7) is 2.14. The second-order valence-corrected chi connectivity index (χ2v) is 8.05. The molecule has 0 unspecified atom stereocenters. The van der Waals surface area contributed by atoms with Crippen molar-refractivity contribution in [3.05, 3.63) is 49.4 Å². The Labute approximate surface area is 138 Å².